The number of nitrogens with zero attached hydrogens (tertiary/aromatic N) is 2. The fraction of sp³-hybridized carbons (Fsp3) is 0.273. The predicted octanol–water partition coefficient (Wildman–Crippen LogP) is 5.38. The second-order valence-corrected chi connectivity index (χ2v) is 8.08. The zero-order valence-electron chi connectivity index (χ0n) is 15.4. The third kappa shape index (κ3) is 4.62. The summed E-state index contributed by atoms with van der Waals surface area (Å²) < 4.78 is 13.0. The predicted molar refractivity (Wildman–Crippen MR) is 109 cm³/mol. The number of rotatable bonds is 5. The molecule has 2 aromatic carbocycles. The highest BCUT2D eigenvalue weighted by molar-refractivity contribution is 7.15. The van der Waals surface area contributed by atoms with Gasteiger partial charge in [0.1, 0.15) is 10.8 Å². The molecule has 0 atom stereocenters. The van der Waals surface area contributed by atoms with E-state index in [0.717, 1.165) is 10.6 Å². The molecule has 28 heavy (non-hydrogen) atoms. The molecule has 1 aliphatic rings. The summed E-state index contributed by atoms with van der Waals surface area (Å²) in [6.45, 7) is 0. The van der Waals surface area contributed by atoms with Crippen LogP contribution in [0, 0.1) is 12.2 Å². The molecule has 1 aliphatic carbocycles. The van der Waals surface area contributed by atoms with E-state index in [1.165, 1.54) is 54.7 Å². The van der Waals surface area contributed by atoms with E-state index < -0.39 is 0 Å². The van der Waals surface area contributed by atoms with Gasteiger partial charge in [0.15, 0.2) is 0 Å². The molecule has 0 spiro atoms. The van der Waals surface area contributed by atoms with Gasteiger partial charge in [-0.15, -0.1) is 10.2 Å². The van der Waals surface area contributed by atoms with Gasteiger partial charge in [-0.05, 0) is 73.4 Å². The molecule has 4 rings (SSSR count). The first-order valence-electron chi connectivity index (χ1n) is 9.47. The number of hydrogen-bond acceptors (Lipinski definition) is 4. The van der Waals surface area contributed by atoms with Gasteiger partial charge in [0.25, 0.3) is 5.91 Å². The molecule has 1 aromatic heterocycles. The third-order valence-electron chi connectivity index (χ3n) is 5.04. The zero-order valence-corrected chi connectivity index (χ0v) is 16.2. The van der Waals surface area contributed by atoms with Gasteiger partial charge in [0.2, 0.25) is 5.13 Å². The summed E-state index contributed by atoms with van der Waals surface area (Å²) in [7, 11) is 0. The van der Waals surface area contributed by atoms with Gasteiger partial charge in [0, 0.05) is 12.0 Å². The van der Waals surface area contributed by atoms with Crippen molar-refractivity contribution < 1.29 is 9.18 Å². The van der Waals surface area contributed by atoms with Crippen LogP contribution in [0.3, 0.4) is 0 Å². The molecule has 0 saturated heterocycles. The van der Waals surface area contributed by atoms with E-state index >= 15 is 0 Å². The van der Waals surface area contributed by atoms with Crippen molar-refractivity contribution in [1.29, 1.82) is 0 Å². The monoisotopic (exact) mass is 394 g/mol. The number of carbonyl (C=O) groups excluding carboxylic acids is 1. The molecule has 1 fully saturated rings. The van der Waals surface area contributed by atoms with Gasteiger partial charge in [-0.25, -0.2) is 4.39 Å². The minimum atomic E-state index is -0.262. The van der Waals surface area contributed by atoms with Crippen LogP contribution in [0.5, 0.6) is 0 Å². The fourth-order valence-electron chi connectivity index (χ4n) is 3.49. The van der Waals surface area contributed by atoms with Crippen molar-refractivity contribution in [3.63, 3.8) is 0 Å². The van der Waals surface area contributed by atoms with Crippen LogP contribution in [-0.4, -0.2) is 16.1 Å². The smallest absolute Gasteiger partial charge is 0.257 e. The number of anilines is 1. The second kappa shape index (κ2) is 8.61. The summed E-state index contributed by atoms with van der Waals surface area (Å²) in [5, 5.41) is 12.2. The van der Waals surface area contributed by atoms with Gasteiger partial charge in [-0.3, -0.25) is 10.1 Å². The molecule has 0 unspecified atom stereocenters. The lowest BCUT2D eigenvalue weighted by atomic mass is 9.84. The quantitative estimate of drug-likeness (QED) is 0.632. The van der Waals surface area contributed by atoms with E-state index in [0.29, 0.717) is 23.0 Å². The van der Waals surface area contributed by atoms with Crippen LogP contribution in [0.25, 0.3) is 0 Å². The van der Waals surface area contributed by atoms with Gasteiger partial charge >= 0.3 is 0 Å². The van der Waals surface area contributed by atoms with E-state index in [2.05, 4.69) is 34.1 Å². The van der Waals surface area contributed by atoms with Crippen LogP contribution < -0.4 is 5.32 Å². The van der Waals surface area contributed by atoms with E-state index in [-0.39, 0.29) is 11.7 Å². The Morgan fingerprint density at radius 3 is 2.46 bits per heavy atom. The molecule has 0 aliphatic heterocycles. The van der Waals surface area contributed by atoms with Crippen molar-refractivity contribution in [2.24, 2.45) is 0 Å². The number of amides is 1. The molecule has 6 heteroatoms. The minimum absolute atomic E-state index is 0.187. The third-order valence-corrected chi connectivity index (χ3v) is 5.88. The lowest BCUT2D eigenvalue weighted by Crippen LogP contribution is -2.12. The normalized spacial score (nSPS) is 14.8. The number of halogens is 1. The van der Waals surface area contributed by atoms with Crippen molar-refractivity contribution in [3.05, 3.63) is 82.5 Å². The van der Waals surface area contributed by atoms with E-state index in [9.17, 15) is 9.18 Å². The Morgan fingerprint density at radius 1 is 1.04 bits per heavy atom. The van der Waals surface area contributed by atoms with Crippen LogP contribution in [0.15, 0.2) is 48.5 Å². The van der Waals surface area contributed by atoms with Crippen LogP contribution in [-0.2, 0) is 6.42 Å². The molecule has 1 heterocycles. The van der Waals surface area contributed by atoms with Crippen LogP contribution >= 0.6 is 11.3 Å². The van der Waals surface area contributed by atoms with Gasteiger partial charge in [0.05, 0.1) is 0 Å². The molecule has 4 nitrogen and oxygen atoms in total. The first-order chi connectivity index (χ1) is 13.7. The number of aromatic nitrogens is 2. The SMILES string of the molecule is O=C(Nc1nnc(Cc2ccc(F)cc2)s1)c1ccc(C2CC[CH]CC2)cc1. The summed E-state index contributed by atoms with van der Waals surface area (Å²) in [6, 6.07) is 14.2. The van der Waals surface area contributed by atoms with Crippen molar-refractivity contribution in [3.8, 4) is 0 Å². The molecule has 3 aromatic rings. The van der Waals surface area contributed by atoms with Crippen molar-refractivity contribution in [2.45, 2.75) is 38.0 Å². The summed E-state index contributed by atoms with van der Waals surface area (Å²) in [5.74, 6) is 0.147. The average Bonchev–Trinajstić information content (AvgIpc) is 3.17. The highest BCUT2D eigenvalue weighted by atomic mass is 32.1. The Labute approximate surface area is 167 Å². The molecular weight excluding hydrogens is 373 g/mol. The average molecular weight is 394 g/mol. The van der Waals surface area contributed by atoms with E-state index in [1.54, 1.807) is 12.1 Å². The van der Waals surface area contributed by atoms with Gasteiger partial charge in [-0.2, -0.15) is 0 Å². The van der Waals surface area contributed by atoms with Gasteiger partial charge < -0.3 is 0 Å². The van der Waals surface area contributed by atoms with Crippen LogP contribution in [0.4, 0.5) is 9.52 Å². The van der Waals surface area contributed by atoms with Crippen LogP contribution in [0.1, 0.15) is 58.1 Å². The lowest BCUT2D eigenvalue weighted by Gasteiger charge is -2.21. The first kappa shape index (κ1) is 18.7. The lowest BCUT2D eigenvalue weighted by molar-refractivity contribution is 0.102. The zero-order chi connectivity index (χ0) is 19.3. The first-order valence-corrected chi connectivity index (χ1v) is 10.3. The minimum Gasteiger partial charge on any atom is -0.296 e. The number of nitrogens with one attached hydrogen (secondary N) is 1. The number of hydrogen-bond donors (Lipinski definition) is 1. The highest BCUT2D eigenvalue weighted by Gasteiger charge is 2.16. The Bertz CT molecular complexity index is 931. The molecule has 0 bridgehead atoms. The van der Waals surface area contributed by atoms with Crippen molar-refractivity contribution in [1.82, 2.24) is 10.2 Å². The maximum atomic E-state index is 13.0. The van der Waals surface area contributed by atoms with Crippen molar-refractivity contribution >= 4 is 22.4 Å². The summed E-state index contributed by atoms with van der Waals surface area (Å²) in [5.41, 5.74) is 2.87. The maximum absolute atomic E-state index is 13.0. The van der Waals surface area contributed by atoms with E-state index in [1.807, 2.05) is 12.1 Å². The summed E-state index contributed by atoms with van der Waals surface area (Å²) in [6.07, 6.45) is 7.63. The van der Waals surface area contributed by atoms with Crippen molar-refractivity contribution in [2.75, 3.05) is 5.32 Å². The fourth-order valence-corrected chi connectivity index (χ4v) is 4.26. The highest BCUT2D eigenvalue weighted by Crippen LogP contribution is 2.32. The summed E-state index contributed by atoms with van der Waals surface area (Å²) in [4.78, 5) is 12.5. The van der Waals surface area contributed by atoms with E-state index in [4.69, 9.17) is 0 Å². The second-order valence-electron chi connectivity index (χ2n) is 7.02. The number of carbonyl (C=O) groups is 1. The summed E-state index contributed by atoms with van der Waals surface area (Å²) >= 11 is 1.33. The Hall–Kier alpha value is -2.60. The maximum Gasteiger partial charge on any atom is 0.257 e. The Morgan fingerprint density at radius 2 is 1.75 bits per heavy atom. The molecular formula is C22H21FN3OS. The molecule has 1 amide bonds. The molecule has 1 saturated carbocycles. The topological polar surface area (TPSA) is 54.9 Å². The van der Waals surface area contributed by atoms with Crippen LogP contribution in [0.2, 0.25) is 0 Å². The number of benzene rings is 2. The Balaban J connectivity index is 1.37. The largest absolute Gasteiger partial charge is 0.296 e. The molecule has 1 radical (unpaired) electrons. The standard InChI is InChI=1S/C22H21FN3OS/c23-19-12-6-15(7-13-19)14-20-25-26-22(28-20)24-21(27)18-10-8-17(9-11-18)16-4-2-1-3-5-16/h1,6-13,16H,2-5,14H2,(H,24,26,27). The Kier molecular flexibility index (Phi) is 5.76. The molecule has 143 valence electrons. The molecule has 1 N–H and O–H groups in total. The van der Waals surface area contributed by atoms with Gasteiger partial charge in [-0.1, -0.05) is 35.6 Å².